The fourth-order valence-electron chi connectivity index (χ4n) is 2.03. The van der Waals surface area contributed by atoms with Crippen molar-refractivity contribution < 1.29 is 18.0 Å². The molecule has 0 aromatic heterocycles. The zero-order valence-electron chi connectivity index (χ0n) is 16.2. The van der Waals surface area contributed by atoms with Crippen molar-refractivity contribution in [3.63, 3.8) is 0 Å². The average molecular weight is 446 g/mol. The minimum absolute atomic E-state index is 0.0948. The number of nitrogens with one attached hydrogen (secondary N) is 3. The predicted octanol–water partition coefficient (Wildman–Crippen LogP) is 3.71. The summed E-state index contributed by atoms with van der Waals surface area (Å²) in [7, 11) is 0. The molecule has 0 atom stereocenters. The normalized spacial score (nSPS) is 12.3. The zero-order valence-corrected chi connectivity index (χ0v) is 17.8. The van der Waals surface area contributed by atoms with Crippen LogP contribution in [-0.4, -0.2) is 40.0 Å². The number of thiocarbonyl (C=S) groups is 2. The molecule has 0 heterocycles. The lowest BCUT2D eigenvalue weighted by Gasteiger charge is -2.12. The Morgan fingerprint density at radius 3 is 2.14 bits per heavy atom. The van der Waals surface area contributed by atoms with Crippen molar-refractivity contribution in [2.75, 3.05) is 6.54 Å². The van der Waals surface area contributed by atoms with Gasteiger partial charge in [0.2, 0.25) is 0 Å². The van der Waals surface area contributed by atoms with Crippen LogP contribution in [-0.2, 0) is 0 Å². The summed E-state index contributed by atoms with van der Waals surface area (Å²) in [5.74, 6) is -0.0948. The third kappa shape index (κ3) is 9.57. The van der Waals surface area contributed by atoms with Gasteiger partial charge in [-0.05, 0) is 38.9 Å². The van der Waals surface area contributed by atoms with E-state index in [1.54, 1.807) is 31.2 Å². The Bertz CT molecular complexity index is 805. The summed E-state index contributed by atoms with van der Waals surface area (Å²) in [4.78, 5) is 12.0. The molecule has 0 fully saturated rings. The van der Waals surface area contributed by atoms with Gasteiger partial charge in [0.15, 0.2) is 10.9 Å². The third-order valence-corrected chi connectivity index (χ3v) is 3.98. The van der Waals surface area contributed by atoms with Gasteiger partial charge < -0.3 is 5.32 Å². The van der Waals surface area contributed by atoms with Gasteiger partial charge in [0, 0.05) is 11.1 Å². The van der Waals surface area contributed by atoms with Crippen LogP contribution in [0.5, 0.6) is 0 Å². The number of rotatable bonds is 8. The number of carbonyl (C=O) groups excluding carboxylic acids is 1. The van der Waals surface area contributed by atoms with Crippen molar-refractivity contribution in [3.05, 3.63) is 35.4 Å². The minimum atomic E-state index is -4.41. The Kier molecular flexibility index (Phi) is 9.83. The van der Waals surface area contributed by atoms with Crippen LogP contribution in [0.25, 0.3) is 0 Å². The molecule has 1 aromatic carbocycles. The monoisotopic (exact) mass is 445 g/mol. The first-order valence-electron chi connectivity index (χ1n) is 8.66. The number of hydrogen-bond donors (Lipinski definition) is 3. The number of benzene rings is 1. The van der Waals surface area contributed by atoms with Crippen molar-refractivity contribution in [2.24, 2.45) is 10.2 Å². The Labute approximate surface area is 178 Å². The SMILES string of the molecule is CCCC(=S)NN=C(C)C(=NNC(=S)NCC(F)(F)F)c1ccc(C(C)=O)cc1. The van der Waals surface area contributed by atoms with E-state index in [0.717, 1.165) is 6.42 Å². The fraction of sp³-hybridized carbons (Fsp3) is 0.389. The highest BCUT2D eigenvalue weighted by Crippen LogP contribution is 2.12. The van der Waals surface area contributed by atoms with Gasteiger partial charge in [0.25, 0.3) is 0 Å². The molecule has 0 saturated heterocycles. The van der Waals surface area contributed by atoms with Gasteiger partial charge in [-0.25, -0.2) is 0 Å². The van der Waals surface area contributed by atoms with Crippen LogP contribution in [0.2, 0.25) is 0 Å². The van der Waals surface area contributed by atoms with Crippen molar-refractivity contribution in [3.8, 4) is 0 Å². The van der Waals surface area contributed by atoms with E-state index in [4.69, 9.17) is 24.4 Å². The topological polar surface area (TPSA) is 77.9 Å². The summed E-state index contributed by atoms with van der Waals surface area (Å²) in [6.07, 6.45) is -2.89. The molecule has 0 radical (unpaired) electrons. The van der Waals surface area contributed by atoms with E-state index in [1.165, 1.54) is 6.92 Å². The summed E-state index contributed by atoms with van der Waals surface area (Å²) < 4.78 is 36.9. The number of nitrogens with zero attached hydrogens (tertiary/aromatic N) is 2. The van der Waals surface area contributed by atoms with Crippen molar-refractivity contribution >= 4 is 51.7 Å². The summed E-state index contributed by atoms with van der Waals surface area (Å²) in [6.45, 7) is 3.80. The maximum Gasteiger partial charge on any atom is 0.405 e. The molecule has 1 rings (SSSR count). The average Bonchev–Trinajstić information content (AvgIpc) is 2.65. The van der Waals surface area contributed by atoms with Crippen LogP contribution < -0.4 is 16.2 Å². The maximum atomic E-state index is 12.3. The van der Waals surface area contributed by atoms with Crippen molar-refractivity contribution in [1.82, 2.24) is 16.2 Å². The van der Waals surface area contributed by atoms with E-state index in [0.29, 0.717) is 34.0 Å². The van der Waals surface area contributed by atoms with Crippen molar-refractivity contribution in [1.29, 1.82) is 0 Å². The molecule has 0 aliphatic rings. The second-order valence-corrected chi connectivity index (χ2v) is 6.89. The molecule has 158 valence electrons. The second kappa shape index (κ2) is 11.6. The van der Waals surface area contributed by atoms with E-state index >= 15 is 0 Å². The highest BCUT2D eigenvalue weighted by atomic mass is 32.1. The smallest absolute Gasteiger partial charge is 0.352 e. The van der Waals surface area contributed by atoms with E-state index in [2.05, 4.69) is 21.1 Å². The fourth-order valence-corrected chi connectivity index (χ4v) is 2.39. The molecule has 0 aliphatic heterocycles. The van der Waals surface area contributed by atoms with Crippen LogP contribution in [0.15, 0.2) is 34.5 Å². The number of hydrazone groups is 2. The Balaban J connectivity index is 3.07. The first-order chi connectivity index (χ1) is 13.5. The lowest BCUT2D eigenvalue weighted by Crippen LogP contribution is -2.39. The molecule has 1 aromatic rings. The molecule has 0 aliphatic carbocycles. The number of hydrogen-bond acceptors (Lipinski definition) is 5. The van der Waals surface area contributed by atoms with Crippen LogP contribution in [0, 0.1) is 0 Å². The number of alkyl halides is 3. The molecule has 6 nitrogen and oxygen atoms in total. The van der Waals surface area contributed by atoms with Gasteiger partial charge in [0.1, 0.15) is 12.3 Å². The Hall–Kier alpha value is -2.40. The Morgan fingerprint density at radius 2 is 1.62 bits per heavy atom. The van der Waals surface area contributed by atoms with Crippen molar-refractivity contribution in [2.45, 2.75) is 39.8 Å². The van der Waals surface area contributed by atoms with E-state index in [1.807, 2.05) is 12.2 Å². The zero-order chi connectivity index (χ0) is 22.0. The number of carbonyl (C=O) groups is 1. The summed E-state index contributed by atoms with van der Waals surface area (Å²) in [5.41, 5.74) is 6.99. The lowest BCUT2D eigenvalue weighted by molar-refractivity contribution is -0.122. The second-order valence-electron chi connectivity index (χ2n) is 5.99. The first kappa shape index (κ1) is 24.6. The predicted molar refractivity (Wildman–Crippen MR) is 117 cm³/mol. The Morgan fingerprint density at radius 1 is 1.03 bits per heavy atom. The molecular weight excluding hydrogens is 423 g/mol. The van der Waals surface area contributed by atoms with Gasteiger partial charge >= 0.3 is 6.18 Å². The maximum absolute atomic E-state index is 12.3. The van der Waals surface area contributed by atoms with Gasteiger partial charge in [-0.2, -0.15) is 23.4 Å². The molecule has 29 heavy (non-hydrogen) atoms. The number of ketones is 1. The number of halogens is 3. The lowest BCUT2D eigenvalue weighted by atomic mass is 10.0. The van der Waals surface area contributed by atoms with Gasteiger partial charge in [-0.3, -0.25) is 15.6 Å². The molecule has 0 amide bonds. The molecular formula is C18H22F3N5OS2. The molecule has 3 N–H and O–H groups in total. The highest BCUT2D eigenvalue weighted by molar-refractivity contribution is 7.80. The van der Waals surface area contributed by atoms with Crippen LogP contribution in [0.4, 0.5) is 13.2 Å². The van der Waals surface area contributed by atoms with E-state index < -0.39 is 12.7 Å². The van der Waals surface area contributed by atoms with Gasteiger partial charge in [0.05, 0.1) is 10.7 Å². The summed E-state index contributed by atoms with van der Waals surface area (Å²) >= 11 is 9.97. The summed E-state index contributed by atoms with van der Waals surface area (Å²) in [5, 5.41) is 10.0. The quantitative estimate of drug-likeness (QED) is 0.245. The first-order valence-corrected chi connectivity index (χ1v) is 9.48. The van der Waals surface area contributed by atoms with E-state index in [9.17, 15) is 18.0 Å². The molecule has 11 heteroatoms. The molecule has 0 spiro atoms. The molecule has 0 saturated carbocycles. The van der Waals surface area contributed by atoms with Crippen LogP contribution >= 0.6 is 24.4 Å². The minimum Gasteiger partial charge on any atom is -0.352 e. The van der Waals surface area contributed by atoms with Crippen LogP contribution in [0.3, 0.4) is 0 Å². The largest absolute Gasteiger partial charge is 0.405 e. The molecule has 0 bridgehead atoms. The summed E-state index contributed by atoms with van der Waals surface area (Å²) in [6, 6.07) is 6.56. The van der Waals surface area contributed by atoms with Gasteiger partial charge in [-0.15, -0.1) is 0 Å². The third-order valence-electron chi connectivity index (χ3n) is 3.45. The van der Waals surface area contributed by atoms with E-state index in [-0.39, 0.29) is 10.9 Å². The number of Topliss-reactive ketones (excluding diaryl/α,β-unsaturated/α-hetero) is 1. The molecule has 0 unspecified atom stereocenters. The van der Waals surface area contributed by atoms with Gasteiger partial charge in [-0.1, -0.05) is 43.4 Å². The highest BCUT2D eigenvalue weighted by Gasteiger charge is 2.27. The standard InChI is InChI=1S/C18H22F3N5OS2/c1-4-5-15(28)24-23-11(2)16(14-8-6-13(7-9-14)12(3)27)25-26-17(29)22-10-18(19,20)21/h6-9H,4-5,10H2,1-3H3,(H,24,28)(H2,22,26,29). The van der Waals surface area contributed by atoms with Crippen LogP contribution in [0.1, 0.15) is 49.5 Å².